The van der Waals surface area contributed by atoms with Crippen molar-refractivity contribution in [2.75, 3.05) is 18.1 Å². The molecule has 1 rings (SSSR count). The molecule has 2 unspecified atom stereocenters. The van der Waals surface area contributed by atoms with Gasteiger partial charge in [0.1, 0.15) is 11.4 Å². The number of aromatic carboxylic acids is 1. The molecule has 0 spiro atoms. The summed E-state index contributed by atoms with van der Waals surface area (Å²) < 4.78 is 12.7. The molecule has 1 aromatic heterocycles. The predicted molar refractivity (Wildman–Crippen MR) is 66.9 cm³/mol. The van der Waals surface area contributed by atoms with E-state index in [1.54, 1.807) is 20.2 Å². The molecule has 0 saturated heterocycles. The van der Waals surface area contributed by atoms with Gasteiger partial charge in [-0.25, -0.2) is 4.79 Å². The highest BCUT2D eigenvalue weighted by Gasteiger charge is 2.20. The fraction of sp³-hybridized carbons (Fsp3) is 0.600. The number of rotatable bonds is 5. The minimum atomic E-state index is -1.01. The van der Waals surface area contributed by atoms with Gasteiger partial charge in [0.25, 0.3) is 0 Å². The normalized spacial score (nSPS) is 14.4. The van der Waals surface area contributed by atoms with Crippen LogP contribution in [0.15, 0.2) is 0 Å². The van der Waals surface area contributed by atoms with E-state index in [-0.39, 0.29) is 10.8 Å². The first kappa shape index (κ1) is 13.7. The highest BCUT2D eigenvalue weighted by atomic mass is 32.2. The standard InChI is InChI=1S/C10H17N3O3S/c1-6(17(4)16)5-11-9-8(10(14)15)7(2)12-13(9)3/h6,11H,5H2,1-4H3,(H,14,15). The van der Waals surface area contributed by atoms with Crippen LogP contribution < -0.4 is 5.32 Å². The van der Waals surface area contributed by atoms with Crippen molar-refractivity contribution in [1.82, 2.24) is 9.78 Å². The Labute approximate surface area is 102 Å². The van der Waals surface area contributed by atoms with Gasteiger partial charge in [-0.05, 0) is 13.8 Å². The molecule has 1 heterocycles. The molecule has 96 valence electrons. The first-order chi connectivity index (χ1) is 7.84. The van der Waals surface area contributed by atoms with Crippen molar-refractivity contribution in [1.29, 1.82) is 0 Å². The molecule has 2 N–H and O–H groups in total. The van der Waals surface area contributed by atoms with Gasteiger partial charge < -0.3 is 10.4 Å². The molecule has 1 aromatic rings. The zero-order valence-electron chi connectivity index (χ0n) is 10.4. The van der Waals surface area contributed by atoms with E-state index in [2.05, 4.69) is 10.4 Å². The molecule has 7 heteroatoms. The summed E-state index contributed by atoms with van der Waals surface area (Å²) >= 11 is 0. The average molecular weight is 259 g/mol. The minimum Gasteiger partial charge on any atom is -0.477 e. The van der Waals surface area contributed by atoms with Gasteiger partial charge in [-0.15, -0.1) is 0 Å². The van der Waals surface area contributed by atoms with Gasteiger partial charge >= 0.3 is 5.97 Å². The van der Waals surface area contributed by atoms with Crippen LogP contribution in [0.1, 0.15) is 23.0 Å². The van der Waals surface area contributed by atoms with E-state index in [1.165, 1.54) is 4.68 Å². The molecule has 2 atom stereocenters. The molecule has 0 amide bonds. The first-order valence-corrected chi connectivity index (χ1v) is 6.79. The number of hydrogen-bond donors (Lipinski definition) is 2. The van der Waals surface area contributed by atoms with Gasteiger partial charge in [0.05, 0.1) is 5.69 Å². The Kier molecular flexibility index (Phi) is 4.28. The summed E-state index contributed by atoms with van der Waals surface area (Å²) in [4.78, 5) is 11.1. The topological polar surface area (TPSA) is 84.2 Å². The minimum absolute atomic E-state index is 0.0492. The summed E-state index contributed by atoms with van der Waals surface area (Å²) in [6, 6.07) is 0. The quantitative estimate of drug-likeness (QED) is 0.809. The second kappa shape index (κ2) is 5.31. The Bertz CT molecular complexity index is 456. The van der Waals surface area contributed by atoms with E-state index < -0.39 is 16.8 Å². The fourth-order valence-corrected chi connectivity index (χ4v) is 1.79. The number of anilines is 1. The van der Waals surface area contributed by atoms with E-state index in [0.29, 0.717) is 18.1 Å². The number of hydrogen-bond acceptors (Lipinski definition) is 4. The van der Waals surface area contributed by atoms with Gasteiger partial charge in [-0.2, -0.15) is 5.10 Å². The summed E-state index contributed by atoms with van der Waals surface area (Å²) in [7, 11) is 0.735. The Morgan fingerprint density at radius 3 is 2.71 bits per heavy atom. The van der Waals surface area contributed by atoms with Crippen molar-refractivity contribution < 1.29 is 14.1 Å². The molecule has 0 bridgehead atoms. The Morgan fingerprint density at radius 1 is 1.65 bits per heavy atom. The second-order valence-corrected chi connectivity index (χ2v) is 5.73. The lowest BCUT2D eigenvalue weighted by atomic mass is 10.2. The lowest BCUT2D eigenvalue weighted by molar-refractivity contribution is 0.0697. The van der Waals surface area contributed by atoms with Crippen LogP contribution >= 0.6 is 0 Å². The number of carbonyl (C=O) groups is 1. The van der Waals surface area contributed by atoms with Crippen LogP contribution in [0.5, 0.6) is 0 Å². The number of aryl methyl sites for hydroxylation is 2. The Balaban J connectivity index is 2.91. The summed E-state index contributed by atoms with van der Waals surface area (Å²) in [6.45, 7) is 3.94. The number of carboxylic acids is 1. The number of nitrogens with zero attached hydrogens (tertiary/aromatic N) is 2. The highest BCUT2D eigenvalue weighted by molar-refractivity contribution is 7.84. The lowest BCUT2D eigenvalue weighted by Crippen LogP contribution is -2.22. The number of carboxylic acid groups (broad SMARTS) is 1. The van der Waals surface area contributed by atoms with Gasteiger partial charge in [0.15, 0.2) is 0 Å². The molecular formula is C10H17N3O3S. The molecule has 0 aromatic carbocycles. The maximum atomic E-state index is 11.2. The zero-order valence-corrected chi connectivity index (χ0v) is 11.2. The summed E-state index contributed by atoms with van der Waals surface area (Å²) in [5.41, 5.74) is 0.634. The molecule has 6 nitrogen and oxygen atoms in total. The van der Waals surface area contributed by atoms with Gasteiger partial charge in [-0.3, -0.25) is 8.89 Å². The van der Waals surface area contributed by atoms with E-state index in [9.17, 15) is 9.00 Å². The van der Waals surface area contributed by atoms with Gasteiger partial charge in [-0.1, -0.05) is 0 Å². The number of nitrogens with one attached hydrogen (secondary N) is 1. The van der Waals surface area contributed by atoms with E-state index in [0.717, 1.165) is 0 Å². The smallest absolute Gasteiger partial charge is 0.341 e. The van der Waals surface area contributed by atoms with Crippen LogP contribution in [0.4, 0.5) is 5.82 Å². The van der Waals surface area contributed by atoms with Crippen LogP contribution in [0.25, 0.3) is 0 Å². The second-order valence-electron chi connectivity index (χ2n) is 3.93. The van der Waals surface area contributed by atoms with E-state index in [1.807, 2.05) is 6.92 Å². The van der Waals surface area contributed by atoms with E-state index in [4.69, 9.17) is 5.11 Å². The molecule has 0 fully saturated rings. The van der Waals surface area contributed by atoms with Crippen LogP contribution in [0.3, 0.4) is 0 Å². The predicted octanol–water partition coefficient (Wildman–Crippen LogP) is 0.606. The number of aromatic nitrogens is 2. The third-order valence-electron chi connectivity index (χ3n) is 2.56. The average Bonchev–Trinajstić information content (AvgIpc) is 2.49. The third-order valence-corrected chi connectivity index (χ3v) is 3.86. The Hall–Kier alpha value is -1.37. The lowest BCUT2D eigenvalue weighted by Gasteiger charge is -2.11. The highest BCUT2D eigenvalue weighted by Crippen LogP contribution is 2.18. The van der Waals surface area contributed by atoms with Crippen LogP contribution in [0, 0.1) is 6.92 Å². The molecular weight excluding hydrogens is 242 g/mol. The molecule has 0 aliphatic rings. The molecule has 17 heavy (non-hydrogen) atoms. The van der Waals surface area contributed by atoms with Crippen LogP contribution in [0.2, 0.25) is 0 Å². The van der Waals surface area contributed by atoms with Crippen LogP contribution in [-0.4, -0.2) is 43.1 Å². The van der Waals surface area contributed by atoms with Crippen molar-refractivity contribution in [3.8, 4) is 0 Å². The molecule has 0 radical (unpaired) electrons. The fourth-order valence-electron chi connectivity index (χ4n) is 1.47. The SMILES string of the molecule is Cc1nn(C)c(NCC(C)S(C)=O)c1C(=O)O. The van der Waals surface area contributed by atoms with E-state index >= 15 is 0 Å². The maximum absolute atomic E-state index is 11.2. The summed E-state index contributed by atoms with van der Waals surface area (Å²) in [5, 5.41) is 16.1. The van der Waals surface area contributed by atoms with Crippen molar-refractivity contribution in [2.24, 2.45) is 7.05 Å². The van der Waals surface area contributed by atoms with Gasteiger partial charge in [0.2, 0.25) is 0 Å². The molecule has 0 aliphatic carbocycles. The van der Waals surface area contributed by atoms with Crippen molar-refractivity contribution in [2.45, 2.75) is 19.1 Å². The monoisotopic (exact) mass is 259 g/mol. The third kappa shape index (κ3) is 3.06. The summed E-state index contributed by atoms with van der Waals surface area (Å²) in [5.74, 6) is -0.560. The van der Waals surface area contributed by atoms with Crippen LogP contribution in [-0.2, 0) is 17.8 Å². The molecule has 0 saturated carbocycles. The Morgan fingerprint density at radius 2 is 2.24 bits per heavy atom. The van der Waals surface area contributed by atoms with Gasteiger partial charge in [0, 0.05) is 35.9 Å². The first-order valence-electron chi connectivity index (χ1n) is 5.17. The van der Waals surface area contributed by atoms with Crippen molar-refractivity contribution >= 4 is 22.6 Å². The maximum Gasteiger partial charge on any atom is 0.341 e. The largest absolute Gasteiger partial charge is 0.477 e. The summed E-state index contributed by atoms with van der Waals surface area (Å²) in [6.07, 6.45) is 1.62. The van der Waals surface area contributed by atoms with Crippen molar-refractivity contribution in [3.63, 3.8) is 0 Å². The van der Waals surface area contributed by atoms with Crippen molar-refractivity contribution in [3.05, 3.63) is 11.3 Å². The molecule has 0 aliphatic heterocycles. The zero-order chi connectivity index (χ0) is 13.2.